The van der Waals surface area contributed by atoms with Gasteiger partial charge < -0.3 is 15.3 Å². The highest BCUT2D eigenvalue weighted by atomic mass is 32.1. The third kappa shape index (κ3) is 5.65. The Kier molecular flexibility index (Phi) is 7.14. The lowest BCUT2D eigenvalue weighted by molar-refractivity contribution is 0.146. The second-order valence-electron chi connectivity index (χ2n) is 5.71. The van der Waals surface area contributed by atoms with E-state index >= 15 is 0 Å². The number of likely N-dealkylation sites (N-methyl/N-ethyl adjacent to an activating group) is 1. The van der Waals surface area contributed by atoms with E-state index in [4.69, 9.17) is 5.11 Å². The molecule has 2 N–H and O–H groups in total. The number of hydrogen-bond acceptors (Lipinski definition) is 4. The normalized spacial score (nSPS) is 11.7. The predicted octanol–water partition coefficient (Wildman–Crippen LogP) is 1.98. The maximum Gasteiger partial charge on any atom is 0.317 e. The minimum absolute atomic E-state index is 0.0307. The molecule has 0 saturated carbocycles. The first-order valence-corrected chi connectivity index (χ1v) is 8.16. The van der Waals surface area contributed by atoms with Crippen LogP contribution in [0.1, 0.15) is 25.6 Å². The van der Waals surface area contributed by atoms with Crippen LogP contribution in [0.25, 0.3) is 0 Å². The van der Waals surface area contributed by atoms with Crippen molar-refractivity contribution in [1.29, 1.82) is 0 Å². The Morgan fingerprint density at radius 1 is 1.48 bits per heavy atom. The van der Waals surface area contributed by atoms with Gasteiger partial charge in [-0.1, -0.05) is 13.0 Å². The molecule has 0 bridgehead atoms. The van der Waals surface area contributed by atoms with Crippen LogP contribution in [0.2, 0.25) is 0 Å². The number of carbonyl (C=O) groups is 1. The van der Waals surface area contributed by atoms with Gasteiger partial charge in [0.25, 0.3) is 0 Å². The molecule has 0 unspecified atom stereocenters. The number of aliphatic hydroxyl groups is 1. The minimum Gasteiger partial charge on any atom is -0.395 e. The summed E-state index contributed by atoms with van der Waals surface area (Å²) in [4.78, 5) is 17.3. The van der Waals surface area contributed by atoms with Crippen LogP contribution in [0.3, 0.4) is 0 Å². The number of aliphatic hydroxyl groups excluding tert-OH is 1. The molecule has 0 aromatic carbocycles. The fraction of sp³-hybridized carbons (Fsp3) is 0.667. The average Bonchev–Trinajstić information content (AvgIpc) is 2.96. The fourth-order valence-corrected chi connectivity index (χ4v) is 2.65. The number of rotatable bonds is 8. The van der Waals surface area contributed by atoms with Crippen molar-refractivity contribution in [2.45, 2.75) is 32.9 Å². The van der Waals surface area contributed by atoms with Gasteiger partial charge in [0.1, 0.15) is 0 Å². The Bertz CT molecular complexity index is 421. The van der Waals surface area contributed by atoms with Crippen molar-refractivity contribution in [1.82, 2.24) is 15.1 Å². The fourth-order valence-electron chi connectivity index (χ4n) is 1.93. The number of urea groups is 1. The molecule has 21 heavy (non-hydrogen) atoms. The molecule has 0 saturated heterocycles. The van der Waals surface area contributed by atoms with Crippen LogP contribution in [-0.4, -0.2) is 59.8 Å². The third-order valence-electron chi connectivity index (χ3n) is 3.76. The zero-order valence-electron chi connectivity index (χ0n) is 13.4. The van der Waals surface area contributed by atoms with Crippen molar-refractivity contribution in [2.24, 2.45) is 0 Å². The summed E-state index contributed by atoms with van der Waals surface area (Å²) in [7, 11) is 2.04. The summed E-state index contributed by atoms with van der Waals surface area (Å²) < 4.78 is 0. The van der Waals surface area contributed by atoms with Crippen molar-refractivity contribution in [3.63, 3.8) is 0 Å². The lowest BCUT2D eigenvalue weighted by Gasteiger charge is -2.35. The van der Waals surface area contributed by atoms with Crippen LogP contribution >= 0.6 is 11.3 Å². The van der Waals surface area contributed by atoms with Crippen LogP contribution in [-0.2, 0) is 6.54 Å². The molecule has 1 aromatic rings. The summed E-state index contributed by atoms with van der Waals surface area (Å²) >= 11 is 1.62. The van der Waals surface area contributed by atoms with Crippen molar-refractivity contribution in [3.8, 4) is 0 Å². The Hall–Kier alpha value is -1.11. The third-order valence-corrected chi connectivity index (χ3v) is 4.63. The van der Waals surface area contributed by atoms with Gasteiger partial charge in [0.15, 0.2) is 0 Å². The van der Waals surface area contributed by atoms with Crippen molar-refractivity contribution in [3.05, 3.63) is 22.4 Å². The summed E-state index contributed by atoms with van der Waals surface area (Å²) in [6.45, 7) is 8.65. The van der Waals surface area contributed by atoms with E-state index in [1.807, 2.05) is 24.6 Å². The highest BCUT2D eigenvalue weighted by Gasteiger charge is 2.24. The molecular formula is C15H27N3O2S. The Morgan fingerprint density at radius 2 is 2.19 bits per heavy atom. The molecule has 0 fully saturated rings. The summed E-state index contributed by atoms with van der Waals surface area (Å²) in [5, 5.41) is 14.1. The summed E-state index contributed by atoms with van der Waals surface area (Å²) in [6.07, 6.45) is 0. The zero-order valence-corrected chi connectivity index (χ0v) is 14.2. The lowest BCUT2D eigenvalue weighted by Crippen LogP contribution is -2.52. The summed E-state index contributed by atoms with van der Waals surface area (Å²) in [5.74, 6) is 0. The van der Waals surface area contributed by atoms with Gasteiger partial charge in [-0.3, -0.25) is 4.90 Å². The largest absolute Gasteiger partial charge is 0.395 e. The molecule has 1 aromatic heterocycles. The van der Waals surface area contributed by atoms with Gasteiger partial charge in [0.2, 0.25) is 0 Å². The first kappa shape index (κ1) is 17.9. The van der Waals surface area contributed by atoms with Crippen LogP contribution in [0.5, 0.6) is 0 Å². The van der Waals surface area contributed by atoms with E-state index in [2.05, 4.69) is 31.0 Å². The monoisotopic (exact) mass is 313 g/mol. The molecular weight excluding hydrogens is 286 g/mol. The molecule has 1 rings (SSSR count). The van der Waals surface area contributed by atoms with Crippen LogP contribution < -0.4 is 5.32 Å². The first-order chi connectivity index (χ1) is 9.90. The Balaban J connectivity index is 2.57. The van der Waals surface area contributed by atoms with E-state index in [-0.39, 0.29) is 18.2 Å². The molecule has 0 aliphatic rings. The number of thiophene rings is 1. The van der Waals surface area contributed by atoms with E-state index in [0.717, 1.165) is 11.4 Å². The van der Waals surface area contributed by atoms with Crippen molar-refractivity contribution < 1.29 is 9.90 Å². The Labute approximate surface area is 131 Å². The second kappa shape index (κ2) is 8.36. The van der Waals surface area contributed by atoms with E-state index < -0.39 is 0 Å². The molecule has 120 valence electrons. The second-order valence-corrected chi connectivity index (χ2v) is 6.74. The predicted molar refractivity (Wildman–Crippen MR) is 87.6 cm³/mol. The number of hydrogen-bond donors (Lipinski definition) is 2. The summed E-state index contributed by atoms with van der Waals surface area (Å²) in [5.41, 5.74) is -0.0990. The van der Waals surface area contributed by atoms with Gasteiger partial charge in [-0.15, -0.1) is 11.3 Å². The van der Waals surface area contributed by atoms with E-state index in [1.54, 1.807) is 16.2 Å². The first-order valence-electron chi connectivity index (χ1n) is 7.28. The molecule has 1 heterocycles. The van der Waals surface area contributed by atoms with Crippen molar-refractivity contribution >= 4 is 17.4 Å². The minimum atomic E-state index is -0.130. The zero-order chi connectivity index (χ0) is 15.9. The molecule has 2 amide bonds. The quantitative estimate of drug-likeness (QED) is 0.771. The number of nitrogens with one attached hydrogen (secondary N) is 1. The van der Waals surface area contributed by atoms with Gasteiger partial charge in [-0.2, -0.15) is 0 Å². The maximum atomic E-state index is 12.3. The van der Waals surface area contributed by atoms with Crippen LogP contribution in [0, 0.1) is 0 Å². The SMILES string of the molecule is CCN(C)C(C)(C)CNC(=O)N(CCO)Cc1cccs1. The summed E-state index contributed by atoms with van der Waals surface area (Å²) in [6, 6.07) is 3.83. The molecule has 0 radical (unpaired) electrons. The van der Waals surface area contributed by atoms with Gasteiger partial charge in [0, 0.05) is 23.5 Å². The topological polar surface area (TPSA) is 55.8 Å². The van der Waals surface area contributed by atoms with Crippen LogP contribution in [0.15, 0.2) is 17.5 Å². The van der Waals surface area contributed by atoms with Gasteiger partial charge >= 0.3 is 6.03 Å². The molecule has 5 nitrogen and oxygen atoms in total. The van der Waals surface area contributed by atoms with Crippen molar-refractivity contribution in [2.75, 3.05) is 33.3 Å². The highest BCUT2D eigenvalue weighted by molar-refractivity contribution is 7.09. The smallest absolute Gasteiger partial charge is 0.317 e. The van der Waals surface area contributed by atoms with Gasteiger partial charge in [0.05, 0.1) is 13.2 Å². The average molecular weight is 313 g/mol. The van der Waals surface area contributed by atoms with E-state index in [1.165, 1.54) is 0 Å². The van der Waals surface area contributed by atoms with E-state index in [0.29, 0.717) is 19.6 Å². The number of nitrogens with zero attached hydrogens (tertiary/aromatic N) is 2. The number of amides is 2. The standard InChI is InChI=1S/C15H27N3O2S/c1-5-17(4)15(2,3)12-16-14(20)18(8-9-19)11-13-7-6-10-21-13/h6-7,10,19H,5,8-9,11-12H2,1-4H3,(H,16,20). The molecule has 0 spiro atoms. The Morgan fingerprint density at radius 3 is 2.71 bits per heavy atom. The van der Waals surface area contributed by atoms with Gasteiger partial charge in [-0.25, -0.2) is 4.79 Å². The molecule has 0 aliphatic carbocycles. The molecule has 6 heteroatoms. The molecule has 0 aliphatic heterocycles. The lowest BCUT2D eigenvalue weighted by atomic mass is 10.0. The number of carbonyl (C=O) groups excluding carboxylic acids is 1. The highest BCUT2D eigenvalue weighted by Crippen LogP contribution is 2.13. The van der Waals surface area contributed by atoms with E-state index in [9.17, 15) is 4.79 Å². The maximum absolute atomic E-state index is 12.3. The van der Waals surface area contributed by atoms with Gasteiger partial charge in [-0.05, 0) is 38.9 Å². The van der Waals surface area contributed by atoms with Crippen LogP contribution in [0.4, 0.5) is 4.79 Å². The molecule has 0 atom stereocenters.